The molecule has 174 valence electrons. The number of hydrogen-bond donors (Lipinski definition) is 0. The molecule has 2 unspecified atom stereocenters. The summed E-state index contributed by atoms with van der Waals surface area (Å²) in [5.41, 5.74) is 1.69. The van der Waals surface area contributed by atoms with Crippen LogP contribution in [0, 0.1) is 11.8 Å². The normalized spacial score (nSPS) is 13.1. The van der Waals surface area contributed by atoms with E-state index in [4.69, 9.17) is 9.47 Å². The number of allylic oxidation sites excluding steroid dienone is 7. The highest BCUT2D eigenvalue weighted by molar-refractivity contribution is 5.66. The Morgan fingerprint density at radius 1 is 1.10 bits per heavy atom. The van der Waals surface area contributed by atoms with Crippen molar-refractivity contribution in [3.8, 4) is 0 Å². The van der Waals surface area contributed by atoms with Gasteiger partial charge in [-0.2, -0.15) is 0 Å². The molecule has 0 aliphatic carbocycles. The molecule has 0 aromatic heterocycles. The van der Waals surface area contributed by atoms with Crippen LogP contribution in [0.15, 0.2) is 85.0 Å². The van der Waals surface area contributed by atoms with E-state index in [0.717, 1.165) is 24.8 Å². The maximum Gasteiger partial charge on any atom is 0.302 e. The Hall–Kier alpha value is -2.62. The predicted octanol–water partition coefficient (Wildman–Crippen LogP) is 7.81. The number of methoxy groups -OCH3 is 1. The lowest BCUT2D eigenvalue weighted by Crippen LogP contribution is -2.06. The summed E-state index contributed by atoms with van der Waals surface area (Å²) >= 11 is 0. The second-order valence-electron chi connectivity index (χ2n) is 7.55. The molecule has 0 aliphatic heterocycles. The summed E-state index contributed by atoms with van der Waals surface area (Å²) in [6.07, 6.45) is 7.90. The molecule has 0 aromatic carbocycles. The van der Waals surface area contributed by atoms with Crippen LogP contribution in [0.25, 0.3) is 0 Å². The minimum Gasteiger partial charge on any atom is -0.497 e. The van der Waals surface area contributed by atoms with E-state index >= 15 is 0 Å². The van der Waals surface area contributed by atoms with Gasteiger partial charge in [-0.25, -0.2) is 4.39 Å². The first-order valence-corrected chi connectivity index (χ1v) is 10.5. The van der Waals surface area contributed by atoms with Crippen molar-refractivity contribution in [3.05, 3.63) is 85.0 Å². The second-order valence-corrected chi connectivity index (χ2v) is 7.55. The Morgan fingerprint density at radius 3 is 2.10 bits per heavy atom. The predicted molar refractivity (Wildman–Crippen MR) is 131 cm³/mol. The van der Waals surface area contributed by atoms with Gasteiger partial charge in [0.25, 0.3) is 0 Å². The van der Waals surface area contributed by atoms with Gasteiger partial charge in [0.05, 0.1) is 7.11 Å². The molecule has 0 bridgehead atoms. The Bertz CT molecular complexity index is 710. The van der Waals surface area contributed by atoms with Crippen LogP contribution in [0.4, 0.5) is 4.39 Å². The molecule has 0 N–H and O–H groups in total. The van der Waals surface area contributed by atoms with Crippen molar-refractivity contribution in [3.63, 3.8) is 0 Å². The molecule has 0 heterocycles. The molecule has 0 rings (SSSR count). The Balaban J connectivity index is 0. The molecular formula is C27H41FO3. The van der Waals surface area contributed by atoms with Gasteiger partial charge in [-0.05, 0) is 48.5 Å². The molecule has 31 heavy (non-hydrogen) atoms. The Labute approximate surface area is 189 Å². The van der Waals surface area contributed by atoms with Crippen molar-refractivity contribution in [2.75, 3.05) is 13.7 Å². The molecular weight excluding hydrogens is 391 g/mol. The number of hydrogen-bond acceptors (Lipinski definition) is 3. The molecule has 0 aliphatic rings. The van der Waals surface area contributed by atoms with E-state index in [0.29, 0.717) is 22.8 Å². The summed E-state index contributed by atoms with van der Waals surface area (Å²) in [5, 5.41) is 0. The fraction of sp³-hybridized carbons (Fsp3) is 0.444. The number of esters is 1. The largest absolute Gasteiger partial charge is 0.497 e. The van der Waals surface area contributed by atoms with E-state index in [1.165, 1.54) is 20.1 Å². The van der Waals surface area contributed by atoms with Gasteiger partial charge in [-0.3, -0.25) is 4.79 Å². The molecule has 0 spiro atoms. The highest BCUT2D eigenvalue weighted by atomic mass is 19.1. The van der Waals surface area contributed by atoms with Gasteiger partial charge in [0, 0.05) is 18.1 Å². The average molecular weight is 433 g/mol. The molecule has 0 radical (unpaired) electrons. The lowest BCUT2D eigenvalue weighted by atomic mass is 9.91. The van der Waals surface area contributed by atoms with E-state index in [9.17, 15) is 9.18 Å². The summed E-state index contributed by atoms with van der Waals surface area (Å²) < 4.78 is 24.7. The number of halogens is 1. The van der Waals surface area contributed by atoms with E-state index in [1.54, 1.807) is 12.2 Å². The van der Waals surface area contributed by atoms with E-state index in [1.807, 2.05) is 13.8 Å². The van der Waals surface area contributed by atoms with Crippen molar-refractivity contribution >= 4 is 5.97 Å². The third kappa shape index (κ3) is 14.1. The first-order chi connectivity index (χ1) is 14.4. The summed E-state index contributed by atoms with van der Waals surface area (Å²) in [6.45, 7) is 28.3. The fourth-order valence-electron chi connectivity index (χ4n) is 2.28. The number of carbonyl (C=O) groups excluding carboxylic acids is 1. The van der Waals surface area contributed by atoms with Gasteiger partial charge >= 0.3 is 5.97 Å². The van der Waals surface area contributed by atoms with Crippen molar-refractivity contribution in [2.45, 2.75) is 53.9 Å². The topological polar surface area (TPSA) is 35.5 Å². The average Bonchev–Trinajstić information content (AvgIpc) is 2.73. The number of rotatable bonds is 13. The standard InChI is InChI=1S/C24H35FO3.C3H6/c1-10-16(2)11-12-17(3)18(4)14-24(25)20(6)19(5)13-23(21(7)27-9)15-28-22(8)26;1-3-2/h13-14,16-17H,4-7,10-12,15H2,1-3,8-9H3;3H,1H2,2H3/b23-13-,24-14+;. The highest BCUT2D eigenvalue weighted by Crippen LogP contribution is 2.26. The van der Waals surface area contributed by atoms with E-state index in [2.05, 4.69) is 46.7 Å². The van der Waals surface area contributed by atoms with Gasteiger partial charge in [0.1, 0.15) is 18.2 Å². The molecule has 3 nitrogen and oxygen atoms in total. The SMILES string of the molecule is C=C(/C=C(/COC(C)=O)C(=C)OC)C(=C)/C(F)=C\C(=C)C(C)CCC(C)CC.C=CC. The highest BCUT2D eigenvalue weighted by Gasteiger charge is 2.13. The van der Waals surface area contributed by atoms with Crippen LogP contribution in [0.1, 0.15) is 53.9 Å². The van der Waals surface area contributed by atoms with Crippen molar-refractivity contribution in [1.29, 1.82) is 0 Å². The van der Waals surface area contributed by atoms with Crippen LogP contribution in [0.2, 0.25) is 0 Å². The Morgan fingerprint density at radius 2 is 1.65 bits per heavy atom. The second kappa shape index (κ2) is 17.1. The molecule has 0 fully saturated rings. The molecule has 0 aromatic rings. The maximum absolute atomic E-state index is 14.6. The minimum atomic E-state index is -0.489. The Kier molecular flexibility index (Phi) is 16.9. The quantitative estimate of drug-likeness (QED) is 0.129. The van der Waals surface area contributed by atoms with Crippen molar-refractivity contribution < 1.29 is 18.7 Å². The summed E-state index contributed by atoms with van der Waals surface area (Å²) in [7, 11) is 1.45. The fourth-order valence-corrected chi connectivity index (χ4v) is 2.28. The zero-order valence-electron chi connectivity index (χ0n) is 20.4. The van der Waals surface area contributed by atoms with Crippen LogP contribution in [-0.2, 0) is 14.3 Å². The van der Waals surface area contributed by atoms with Crippen LogP contribution in [-0.4, -0.2) is 19.7 Å². The van der Waals surface area contributed by atoms with Crippen LogP contribution in [0.5, 0.6) is 0 Å². The van der Waals surface area contributed by atoms with Gasteiger partial charge in [0.2, 0.25) is 0 Å². The van der Waals surface area contributed by atoms with Crippen molar-refractivity contribution in [2.24, 2.45) is 11.8 Å². The van der Waals surface area contributed by atoms with Crippen LogP contribution < -0.4 is 0 Å². The summed E-state index contributed by atoms with van der Waals surface area (Å²) in [4.78, 5) is 11.0. The smallest absolute Gasteiger partial charge is 0.302 e. The van der Waals surface area contributed by atoms with Gasteiger partial charge in [-0.1, -0.05) is 66.0 Å². The number of carbonyl (C=O) groups is 1. The number of ether oxygens (including phenoxy) is 2. The first-order valence-electron chi connectivity index (χ1n) is 10.5. The van der Waals surface area contributed by atoms with Gasteiger partial charge in [-0.15, -0.1) is 6.58 Å². The zero-order chi connectivity index (χ0) is 24.6. The molecule has 4 heteroatoms. The van der Waals surface area contributed by atoms with Crippen molar-refractivity contribution in [1.82, 2.24) is 0 Å². The maximum atomic E-state index is 14.6. The van der Waals surface area contributed by atoms with Crippen LogP contribution in [0.3, 0.4) is 0 Å². The lowest BCUT2D eigenvalue weighted by Gasteiger charge is -2.15. The first kappa shape index (κ1) is 30.6. The summed E-state index contributed by atoms with van der Waals surface area (Å²) in [5.74, 6) is 0.213. The third-order valence-electron chi connectivity index (χ3n) is 4.79. The molecule has 0 saturated carbocycles. The van der Waals surface area contributed by atoms with E-state index < -0.39 is 11.8 Å². The summed E-state index contributed by atoms with van der Waals surface area (Å²) in [6, 6.07) is 0. The third-order valence-corrected chi connectivity index (χ3v) is 4.79. The molecule has 2 atom stereocenters. The van der Waals surface area contributed by atoms with Gasteiger partial charge < -0.3 is 9.47 Å². The zero-order valence-corrected chi connectivity index (χ0v) is 20.4. The van der Waals surface area contributed by atoms with Crippen LogP contribution >= 0.6 is 0 Å². The lowest BCUT2D eigenvalue weighted by molar-refractivity contribution is -0.139. The minimum absolute atomic E-state index is 0.0427. The molecule has 0 saturated heterocycles. The molecule has 0 amide bonds. The van der Waals surface area contributed by atoms with Gasteiger partial charge in [0.15, 0.2) is 0 Å². The van der Waals surface area contributed by atoms with E-state index in [-0.39, 0.29) is 18.1 Å². The monoisotopic (exact) mass is 432 g/mol.